The summed E-state index contributed by atoms with van der Waals surface area (Å²) in [5.74, 6) is 0.515. The van der Waals surface area contributed by atoms with Gasteiger partial charge in [-0.1, -0.05) is 29.5 Å². The van der Waals surface area contributed by atoms with Gasteiger partial charge >= 0.3 is 0 Å². The highest BCUT2D eigenvalue weighted by molar-refractivity contribution is 8.00. The topological polar surface area (TPSA) is 68.9 Å². The van der Waals surface area contributed by atoms with Gasteiger partial charge in [0.25, 0.3) is 0 Å². The van der Waals surface area contributed by atoms with Crippen LogP contribution < -0.4 is 5.73 Å². The number of ketones is 1. The van der Waals surface area contributed by atoms with E-state index >= 15 is 0 Å². The first kappa shape index (κ1) is 15.5. The zero-order chi connectivity index (χ0) is 15.6. The molecule has 0 amide bonds. The maximum absolute atomic E-state index is 12.6. The minimum absolute atomic E-state index is 0.0878. The maximum atomic E-state index is 12.6. The van der Waals surface area contributed by atoms with Gasteiger partial charge in [0.05, 0.1) is 5.25 Å². The normalized spacial score (nSPS) is 12.2. The Morgan fingerprint density at radius 1 is 1.19 bits per heavy atom. The standard InChI is InChI=1S/C16H19N3OS/c1-9-5-6-10(2)13(7-9)15(20)12(4)21-16-18-11(3)8-14(17)19-16/h5-8,12H,1-4H3,(H2,17,18,19)/t12-/m1/s1. The number of benzene rings is 1. The monoisotopic (exact) mass is 301 g/mol. The summed E-state index contributed by atoms with van der Waals surface area (Å²) in [7, 11) is 0. The average Bonchev–Trinajstić information content (AvgIpc) is 2.39. The van der Waals surface area contributed by atoms with Crippen LogP contribution in [0.3, 0.4) is 0 Å². The molecule has 0 saturated heterocycles. The van der Waals surface area contributed by atoms with Crippen LogP contribution in [0.4, 0.5) is 5.82 Å². The number of rotatable bonds is 4. The Hall–Kier alpha value is -1.88. The Kier molecular flexibility index (Phi) is 4.63. The molecule has 2 N–H and O–H groups in total. The Bertz CT molecular complexity index is 665. The number of thioether (sulfide) groups is 1. The molecular formula is C16H19N3OS. The third-order valence-corrected chi connectivity index (χ3v) is 4.12. The number of hydrogen-bond donors (Lipinski definition) is 1. The minimum Gasteiger partial charge on any atom is -0.384 e. The quantitative estimate of drug-likeness (QED) is 0.533. The van der Waals surface area contributed by atoms with Gasteiger partial charge in [-0.3, -0.25) is 4.79 Å². The molecule has 0 bridgehead atoms. The van der Waals surface area contributed by atoms with Gasteiger partial charge in [-0.05, 0) is 39.3 Å². The van der Waals surface area contributed by atoms with Crippen molar-refractivity contribution in [2.45, 2.75) is 38.1 Å². The highest BCUT2D eigenvalue weighted by Crippen LogP contribution is 2.25. The van der Waals surface area contributed by atoms with Crippen molar-refractivity contribution in [2.24, 2.45) is 0 Å². The highest BCUT2D eigenvalue weighted by atomic mass is 32.2. The van der Waals surface area contributed by atoms with E-state index in [1.807, 2.05) is 45.9 Å². The van der Waals surface area contributed by atoms with Gasteiger partial charge in [0.15, 0.2) is 10.9 Å². The van der Waals surface area contributed by atoms with Crippen molar-refractivity contribution in [3.05, 3.63) is 46.6 Å². The molecule has 5 heteroatoms. The third kappa shape index (κ3) is 3.82. The zero-order valence-electron chi connectivity index (χ0n) is 12.7. The molecule has 0 spiro atoms. The molecule has 4 nitrogen and oxygen atoms in total. The first-order valence-corrected chi connectivity index (χ1v) is 7.64. The first-order chi connectivity index (χ1) is 9.86. The molecule has 2 rings (SSSR count). The molecule has 1 aromatic carbocycles. The first-order valence-electron chi connectivity index (χ1n) is 6.76. The summed E-state index contributed by atoms with van der Waals surface area (Å²) in [5.41, 5.74) is 9.35. The van der Waals surface area contributed by atoms with Crippen molar-refractivity contribution in [3.8, 4) is 0 Å². The van der Waals surface area contributed by atoms with Gasteiger partial charge in [-0.15, -0.1) is 0 Å². The number of nitrogens with zero attached hydrogens (tertiary/aromatic N) is 2. The fourth-order valence-corrected chi connectivity index (χ4v) is 2.95. The van der Waals surface area contributed by atoms with Crippen molar-refractivity contribution in [1.29, 1.82) is 0 Å². The number of nitrogen functional groups attached to an aromatic ring is 1. The summed E-state index contributed by atoms with van der Waals surface area (Å²) in [4.78, 5) is 21.1. The lowest BCUT2D eigenvalue weighted by atomic mass is 10.0. The molecule has 1 atom stereocenters. The number of hydrogen-bond acceptors (Lipinski definition) is 5. The molecule has 1 aromatic heterocycles. The summed E-state index contributed by atoms with van der Waals surface area (Å²) in [6, 6.07) is 7.62. The third-order valence-electron chi connectivity index (χ3n) is 3.16. The van der Waals surface area contributed by atoms with Crippen molar-refractivity contribution < 1.29 is 4.79 Å². The summed E-state index contributed by atoms with van der Waals surface area (Å²) in [6.45, 7) is 7.67. The molecule has 21 heavy (non-hydrogen) atoms. The second kappa shape index (κ2) is 6.26. The van der Waals surface area contributed by atoms with E-state index in [0.29, 0.717) is 11.0 Å². The SMILES string of the molecule is Cc1ccc(C)c(C(=O)[C@@H](C)Sc2nc(C)cc(N)n2)c1. The second-order valence-corrected chi connectivity index (χ2v) is 6.47. The molecule has 0 radical (unpaired) electrons. The average molecular weight is 301 g/mol. The van der Waals surface area contributed by atoms with Gasteiger partial charge in [0.2, 0.25) is 0 Å². The molecule has 110 valence electrons. The molecule has 0 unspecified atom stereocenters. The van der Waals surface area contributed by atoms with Crippen LogP contribution in [0.2, 0.25) is 0 Å². The van der Waals surface area contributed by atoms with Crippen LogP contribution in [0, 0.1) is 20.8 Å². The van der Waals surface area contributed by atoms with Crippen LogP contribution in [0.15, 0.2) is 29.4 Å². The van der Waals surface area contributed by atoms with Gasteiger partial charge in [0.1, 0.15) is 5.82 Å². The van der Waals surface area contributed by atoms with Gasteiger partial charge < -0.3 is 5.73 Å². The van der Waals surface area contributed by atoms with Crippen LogP contribution >= 0.6 is 11.8 Å². The highest BCUT2D eigenvalue weighted by Gasteiger charge is 2.20. The number of aryl methyl sites for hydroxylation is 3. The molecule has 0 aliphatic rings. The predicted molar refractivity (Wildman–Crippen MR) is 86.7 cm³/mol. The fourth-order valence-electron chi connectivity index (χ4n) is 2.05. The summed E-state index contributed by atoms with van der Waals surface area (Å²) >= 11 is 1.34. The largest absolute Gasteiger partial charge is 0.384 e. The summed E-state index contributed by atoms with van der Waals surface area (Å²) in [6.07, 6.45) is 0. The number of anilines is 1. The van der Waals surface area contributed by atoms with Crippen molar-refractivity contribution in [1.82, 2.24) is 9.97 Å². The molecule has 0 fully saturated rings. The van der Waals surface area contributed by atoms with Crippen LogP contribution in [0.5, 0.6) is 0 Å². The fraction of sp³-hybridized carbons (Fsp3) is 0.312. The van der Waals surface area contributed by atoms with Gasteiger partial charge in [-0.25, -0.2) is 9.97 Å². The lowest BCUT2D eigenvalue weighted by Crippen LogP contribution is -2.16. The maximum Gasteiger partial charge on any atom is 0.190 e. The lowest BCUT2D eigenvalue weighted by molar-refractivity contribution is 0.0993. The smallest absolute Gasteiger partial charge is 0.190 e. The van der Waals surface area contributed by atoms with E-state index in [1.54, 1.807) is 6.07 Å². The number of carbonyl (C=O) groups is 1. The van der Waals surface area contributed by atoms with E-state index in [1.165, 1.54) is 11.8 Å². The number of carbonyl (C=O) groups excluding carboxylic acids is 1. The van der Waals surface area contributed by atoms with Crippen molar-refractivity contribution >= 4 is 23.4 Å². The van der Waals surface area contributed by atoms with E-state index in [4.69, 9.17) is 5.73 Å². The van der Waals surface area contributed by atoms with E-state index < -0.39 is 0 Å². The van der Waals surface area contributed by atoms with Crippen LogP contribution in [0.25, 0.3) is 0 Å². The molecule has 1 heterocycles. The Labute approximate surface area is 129 Å². The van der Waals surface area contributed by atoms with Gasteiger partial charge in [0, 0.05) is 17.3 Å². The molecule has 0 aliphatic heterocycles. The van der Waals surface area contributed by atoms with E-state index in [0.717, 1.165) is 22.4 Å². The Morgan fingerprint density at radius 3 is 2.57 bits per heavy atom. The molecule has 0 aliphatic carbocycles. The summed E-state index contributed by atoms with van der Waals surface area (Å²) < 4.78 is 0. The predicted octanol–water partition coefficient (Wildman–Crippen LogP) is 3.35. The molecular weight excluding hydrogens is 282 g/mol. The second-order valence-electron chi connectivity index (χ2n) is 5.16. The van der Waals surface area contributed by atoms with E-state index in [-0.39, 0.29) is 11.0 Å². The molecule has 0 saturated carbocycles. The Balaban J connectivity index is 2.21. The van der Waals surface area contributed by atoms with Crippen LogP contribution in [0.1, 0.15) is 34.1 Å². The van der Waals surface area contributed by atoms with Crippen molar-refractivity contribution in [3.63, 3.8) is 0 Å². The zero-order valence-corrected chi connectivity index (χ0v) is 13.5. The van der Waals surface area contributed by atoms with Crippen LogP contribution in [-0.4, -0.2) is 21.0 Å². The number of Topliss-reactive ketones (excluding diaryl/α,β-unsaturated/α-hetero) is 1. The van der Waals surface area contributed by atoms with Gasteiger partial charge in [-0.2, -0.15) is 0 Å². The minimum atomic E-state index is -0.258. The molecule has 2 aromatic rings. The number of nitrogens with two attached hydrogens (primary N) is 1. The lowest BCUT2D eigenvalue weighted by Gasteiger charge is -2.12. The number of aromatic nitrogens is 2. The van der Waals surface area contributed by atoms with Crippen molar-refractivity contribution in [2.75, 3.05) is 5.73 Å². The summed E-state index contributed by atoms with van der Waals surface area (Å²) in [5, 5.41) is 0.283. The van der Waals surface area contributed by atoms with Crippen LogP contribution in [-0.2, 0) is 0 Å². The van der Waals surface area contributed by atoms with E-state index in [9.17, 15) is 4.79 Å². The van der Waals surface area contributed by atoms with E-state index in [2.05, 4.69) is 9.97 Å². The Morgan fingerprint density at radius 2 is 1.90 bits per heavy atom.